The van der Waals surface area contributed by atoms with Crippen LogP contribution in [0, 0.1) is 0 Å². The highest BCUT2D eigenvalue weighted by atomic mass is 79.9. The Bertz CT molecular complexity index is 398. The molecule has 0 fully saturated rings. The number of aromatic hydroxyl groups is 1. The van der Waals surface area contributed by atoms with Crippen molar-refractivity contribution in [3.63, 3.8) is 0 Å². The molecule has 2 N–H and O–H groups in total. The maximum absolute atomic E-state index is 12.4. The van der Waals surface area contributed by atoms with Crippen molar-refractivity contribution in [1.29, 1.82) is 0 Å². The van der Waals surface area contributed by atoms with Crippen LogP contribution in [-0.2, 0) is 5.33 Å². The van der Waals surface area contributed by atoms with Crippen molar-refractivity contribution in [2.24, 2.45) is 0 Å². The lowest BCUT2D eigenvalue weighted by Gasteiger charge is -2.07. The Balaban J connectivity index is 3.38. The highest BCUT2D eigenvalue weighted by Gasteiger charge is 2.21. The third-order valence-corrected chi connectivity index (χ3v) is 2.27. The molecule has 0 aliphatic heterocycles. The van der Waals surface area contributed by atoms with Crippen LogP contribution in [0.4, 0.5) is 8.78 Å². The summed E-state index contributed by atoms with van der Waals surface area (Å²) in [6, 6.07) is 1.04. The minimum absolute atomic E-state index is 0.0673. The fraction of sp³-hybridized carbons (Fsp3) is 0.250. The van der Waals surface area contributed by atoms with E-state index >= 15 is 0 Å². The molecular weight excluding hydrogens is 276 g/mol. The first kappa shape index (κ1) is 11.8. The summed E-state index contributed by atoms with van der Waals surface area (Å²) in [6.07, 6.45) is -3.01. The average molecular weight is 282 g/mol. The largest absolute Gasteiger partial charge is 0.505 e. The Labute approximate surface area is 91.7 Å². The van der Waals surface area contributed by atoms with Crippen molar-refractivity contribution >= 4 is 21.9 Å². The predicted molar refractivity (Wildman–Crippen MR) is 50.4 cm³/mol. The summed E-state index contributed by atoms with van der Waals surface area (Å²) in [5.74, 6) is -2.09. The number of carboxylic acid groups (broad SMARTS) is 1. The monoisotopic (exact) mass is 281 g/mol. The maximum Gasteiger partial charge on any atom is 0.354 e. The smallest absolute Gasteiger partial charge is 0.354 e. The Kier molecular flexibility index (Phi) is 3.57. The zero-order valence-electron chi connectivity index (χ0n) is 7.25. The van der Waals surface area contributed by atoms with Crippen molar-refractivity contribution in [3.8, 4) is 5.75 Å². The topological polar surface area (TPSA) is 70.4 Å². The van der Waals surface area contributed by atoms with Gasteiger partial charge in [0.1, 0.15) is 17.1 Å². The van der Waals surface area contributed by atoms with Crippen molar-refractivity contribution < 1.29 is 23.8 Å². The molecule has 0 aliphatic rings. The fourth-order valence-electron chi connectivity index (χ4n) is 0.976. The van der Waals surface area contributed by atoms with Crippen LogP contribution in [0.25, 0.3) is 0 Å². The van der Waals surface area contributed by atoms with Crippen LogP contribution < -0.4 is 0 Å². The van der Waals surface area contributed by atoms with Gasteiger partial charge in [0, 0.05) is 10.9 Å². The Hall–Kier alpha value is -1.24. The van der Waals surface area contributed by atoms with Gasteiger partial charge < -0.3 is 10.2 Å². The lowest BCUT2D eigenvalue weighted by Crippen LogP contribution is -2.05. The predicted octanol–water partition coefficient (Wildman–Crippen LogP) is 2.32. The molecule has 0 bridgehead atoms. The molecule has 0 aliphatic carbocycles. The van der Waals surface area contributed by atoms with Crippen molar-refractivity contribution in [2.75, 3.05) is 0 Å². The maximum atomic E-state index is 12.4. The number of rotatable bonds is 3. The third-order valence-electron chi connectivity index (χ3n) is 1.67. The Morgan fingerprint density at radius 2 is 2.20 bits per heavy atom. The fourth-order valence-corrected chi connectivity index (χ4v) is 1.40. The molecule has 4 nitrogen and oxygen atoms in total. The molecule has 0 saturated carbocycles. The number of carboxylic acids is 1. The average Bonchev–Trinajstić information content (AvgIpc) is 2.17. The van der Waals surface area contributed by atoms with E-state index in [9.17, 15) is 18.7 Å². The first-order valence-electron chi connectivity index (χ1n) is 3.77. The zero-order valence-corrected chi connectivity index (χ0v) is 8.83. The van der Waals surface area contributed by atoms with Gasteiger partial charge in [0.05, 0.1) is 0 Å². The van der Waals surface area contributed by atoms with Crippen LogP contribution in [0.3, 0.4) is 0 Å². The molecule has 1 heterocycles. The van der Waals surface area contributed by atoms with Gasteiger partial charge in [0.2, 0.25) is 0 Å². The van der Waals surface area contributed by atoms with Gasteiger partial charge in [-0.2, -0.15) is 0 Å². The molecule has 0 spiro atoms. The summed E-state index contributed by atoms with van der Waals surface area (Å²) >= 11 is 2.95. The summed E-state index contributed by atoms with van der Waals surface area (Å²) in [4.78, 5) is 13.7. The molecule has 7 heteroatoms. The second-order valence-corrected chi connectivity index (χ2v) is 3.20. The summed E-state index contributed by atoms with van der Waals surface area (Å²) in [6.45, 7) is 0. The first-order chi connectivity index (χ1) is 6.97. The summed E-state index contributed by atoms with van der Waals surface area (Å²) in [5.41, 5.74) is -1.36. The van der Waals surface area contributed by atoms with Crippen molar-refractivity contribution in [3.05, 3.63) is 23.0 Å². The van der Waals surface area contributed by atoms with Gasteiger partial charge in [-0.1, -0.05) is 15.9 Å². The van der Waals surface area contributed by atoms with Gasteiger partial charge in [-0.3, -0.25) is 0 Å². The number of aromatic nitrogens is 1. The third kappa shape index (κ3) is 2.41. The molecule has 0 aromatic carbocycles. The minimum Gasteiger partial charge on any atom is -0.505 e. The second kappa shape index (κ2) is 4.52. The normalized spacial score (nSPS) is 10.7. The summed E-state index contributed by atoms with van der Waals surface area (Å²) in [5, 5.41) is 18.0. The molecule has 15 heavy (non-hydrogen) atoms. The quantitative estimate of drug-likeness (QED) is 0.835. The molecule has 1 aromatic rings. The lowest BCUT2D eigenvalue weighted by molar-refractivity contribution is 0.0688. The lowest BCUT2D eigenvalue weighted by atomic mass is 10.2. The second-order valence-electron chi connectivity index (χ2n) is 2.64. The summed E-state index contributed by atoms with van der Waals surface area (Å²) < 4.78 is 24.7. The first-order valence-corrected chi connectivity index (χ1v) is 4.89. The van der Waals surface area contributed by atoms with Gasteiger partial charge in [0.25, 0.3) is 6.43 Å². The van der Waals surface area contributed by atoms with E-state index in [2.05, 4.69) is 20.9 Å². The van der Waals surface area contributed by atoms with Crippen LogP contribution in [0.1, 0.15) is 28.2 Å². The van der Waals surface area contributed by atoms with E-state index in [0.717, 1.165) is 6.07 Å². The van der Waals surface area contributed by atoms with Gasteiger partial charge in [-0.25, -0.2) is 18.6 Å². The summed E-state index contributed by atoms with van der Waals surface area (Å²) in [7, 11) is 0. The van der Waals surface area contributed by atoms with Crippen LogP contribution in [0.15, 0.2) is 6.07 Å². The molecule has 0 unspecified atom stereocenters. The molecule has 0 amide bonds. The highest BCUT2D eigenvalue weighted by Crippen LogP contribution is 2.31. The molecule has 1 rings (SSSR count). The van der Waals surface area contributed by atoms with E-state index in [1.807, 2.05) is 0 Å². The van der Waals surface area contributed by atoms with E-state index < -0.39 is 29.5 Å². The number of hydrogen-bond acceptors (Lipinski definition) is 3. The number of aromatic carboxylic acids is 1. The number of pyridine rings is 1. The molecule has 82 valence electrons. The number of alkyl halides is 3. The number of hydrogen-bond donors (Lipinski definition) is 2. The number of carbonyl (C=O) groups is 1. The Morgan fingerprint density at radius 1 is 1.60 bits per heavy atom. The van der Waals surface area contributed by atoms with Crippen molar-refractivity contribution in [1.82, 2.24) is 4.98 Å². The standard InChI is InChI=1S/C8H6BrF2NO3/c9-2-3-1-4(8(14)15)12-5(6(3)13)7(10)11/h1,7,13H,2H2,(H,14,15). The van der Waals surface area contributed by atoms with Crippen LogP contribution in [-0.4, -0.2) is 21.2 Å². The van der Waals surface area contributed by atoms with Crippen LogP contribution in [0.5, 0.6) is 5.75 Å². The molecule has 1 aromatic heterocycles. The molecule has 0 saturated heterocycles. The highest BCUT2D eigenvalue weighted by molar-refractivity contribution is 9.08. The Morgan fingerprint density at radius 3 is 2.60 bits per heavy atom. The molecular formula is C8H6BrF2NO3. The van der Waals surface area contributed by atoms with E-state index in [1.165, 1.54) is 0 Å². The molecule has 0 atom stereocenters. The zero-order chi connectivity index (χ0) is 11.6. The SMILES string of the molecule is O=C(O)c1cc(CBr)c(O)c(C(F)F)n1. The number of nitrogens with zero attached hydrogens (tertiary/aromatic N) is 1. The van der Waals surface area contributed by atoms with E-state index in [0.29, 0.717) is 0 Å². The van der Waals surface area contributed by atoms with E-state index in [4.69, 9.17) is 5.11 Å². The van der Waals surface area contributed by atoms with Crippen LogP contribution in [0.2, 0.25) is 0 Å². The van der Waals surface area contributed by atoms with E-state index in [1.54, 1.807) is 0 Å². The van der Waals surface area contributed by atoms with Crippen molar-refractivity contribution in [2.45, 2.75) is 11.8 Å². The van der Waals surface area contributed by atoms with Gasteiger partial charge in [-0.15, -0.1) is 0 Å². The van der Waals surface area contributed by atoms with Gasteiger partial charge in [0.15, 0.2) is 0 Å². The number of halogens is 3. The van der Waals surface area contributed by atoms with Gasteiger partial charge in [-0.05, 0) is 6.07 Å². The van der Waals surface area contributed by atoms with E-state index in [-0.39, 0.29) is 10.9 Å². The van der Waals surface area contributed by atoms with Crippen LogP contribution >= 0.6 is 15.9 Å². The van der Waals surface area contributed by atoms with Gasteiger partial charge >= 0.3 is 5.97 Å². The minimum atomic E-state index is -3.01. The molecule has 0 radical (unpaired) electrons.